The highest BCUT2D eigenvalue weighted by atomic mass is 32.1. The zero-order valence-corrected chi connectivity index (χ0v) is 15.2. The molecule has 128 valence electrons. The molecule has 5 nitrogen and oxygen atoms in total. The van der Waals surface area contributed by atoms with Crippen molar-refractivity contribution in [2.45, 2.75) is 83.2 Å². The molecule has 0 saturated heterocycles. The quantitative estimate of drug-likeness (QED) is 0.780. The topological polar surface area (TPSA) is 72.6 Å². The summed E-state index contributed by atoms with van der Waals surface area (Å²) in [6, 6.07) is -0.879. The molecule has 1 saturated carbocycles. The first-order valence-electron chi connectivity index (χ1n) is 8.02. The first-order chi connectivity index (χ1) is 10.0. The van der Waals surface area contributed by atoms with Crippen LogP contribution in [0.5, 0.6) is 0 Å². The number of nitrogens with two attached hydrogens (primary N) is 1. The fourth-order valence-corrected chi connectivity index (χ4v) is 2.98. The Labute approximate surface area is 139 Å². The van der Waals surface area contributed by atoms with Crippen LogP contribution in [0.15, 0.2) is 0 Å². The highest BCUT2D eigenvalue weighted by Crippen LogP contribution is 2.28. The van der Waals surface area contributed by atoms with E-state index in [2.05, 4.69) is 12.6 Å². The van der Waals surface area contributed by atoms with Crippen molar-refractivity contribution in [1.29, 1.82) is 0 Å². The fraction of sp³-hybridized carbons (Fsp3) is 0.875. The van der Waals surface area contributed by atoms with Gasteiger partial charge in [0.2, 0.25) is 5.91 Å². The molecule has 0 aliphatic heterocycles. The van der Waals surface area contributed by atoms with E-state index < -0.39 is 17.7 Å². The summed E-state index contributed by atoms with van der Waals surface area (Å²) < 4.78 is 5.43. The molecule has 0 spiro atoms. The van der Waals surface area contributed by atoms with Gasteiger partial charge in [-0.1, -0.05) is 20.3 Å². The molecule has 0 heterocycles. The van der Waals surface area contributed by atoms with Gasteiger partial charge in [0.1, 0.15) is 5.60 Å². The second-order valence-electron chi connectivity index (χ2n) is 7.43. The minimum atomic E-state index is -0.701. The van der Waals surface area contributed by atoms with Crippen molar-refractivity contribution < 1.29 is 14.3 Å². The molecule has 2 amide bonds. The highest BCUT2D eigenvalue weighted by Gasteiger charge is 2.38. The minimum Gasteiger partial charge on any atom is -0.443 e. The lowest BCUT2D eigenvalue weighted by molar-refractivity contribution is -0.135. The molecule has 22 heavy (non-hydrogen) atoms. The Bertz CT molecular complexity index is 407. The number of rotatable bonds is 3. The van der Waals surface area contributed by atoms with Crippen molar-refractivity contribution in [1.82, 2.24) is 4.90 Å². The van der Waals surface area contributed by atoms with Crippen LogP contribution in [0.25, 0.3) is 0 Å². The summed E-state index contributed by atoms with van der Waals surface area (Å²) in [7, 11) is 0. The van der Waals surface area contributed by atoms with Gasteiger partial charge in [-0.2, -0.15) is 12.6 Å². The third kappa shape index (κ3) is 5.47. The average Bonchev–Trinajstić information content (AvgIpc) is 2.35. The molecule has 1 fully saturated rings. The number of hydrogen-bond donors (Lipinski definition) is 2. The van der Waals surface area contributed by atoms with Crippen LogP contribution in [0, 0.1) is 5.92 Å². The maximum absolute atomic E-state index is 12.7. The van der Waals surface area contributed by atoms with Gasteiger partial charge in [-0.15, -0.1) is 0 Å². The summed E-state index contributed by atoms with van der Waals surface area (Å²) in [4.78, 5) is 26.5. The molecule has 0 bridgehead atoms. The van der Waals surface area contributed by atoms with Gasteiger partial charge in [0.15, 0.2) is 0 Å². The number of carbonyl (C=O) groups is 2. The van der Waals surface area contributed by atoms with E-state index >= 15 is 0 Å². The molecule has 1 aliphatic carbocycles. The Morgan fingerprint density at radius 3 is 2.32 bits per heavy atom. The Hall–Kier alpha value is -0.750. The van der Waals surface area contributed by atoms with Crippen LogP contribution in [0.4, 0.5) is 4.79 Å². The molecule has 1 aliphatic rings. The standard InChI is InChI=1S/C16H30N2O3S/c1-10(2)13(17)14(19)18(15(20)21-16(3,4)5)11-7-6-8-12(22)9-11/h10-13,22H,6-9,17H2,1-5H3/t11-,12+,13+/m0/s1. The summed E-state index contributed by atoms with van der Waals surface area (Å²) in [6.45, 7) is 9.12. The average molecular weight is 330 g/mol. The number of ether oxygens (including phenoxy) is 1. The predicted octanol–water partition coefficient (Wildman–Crippen LogP) is 2.97. The van der Waals surface area contributed by atoms with E-state index in [4.69, 9.17) is 10.5 Å². The molecule has 0 aromatic carbocycles. The Morgan fingerprint density at radius 2 is 1.86 bits per heavy atom. The summed E-state index contributed by atoms with van der Waals surface area (Å²) in [5.41, 5.74) is 5.34. The smallest absolute Gasteiger partial charge is 0.417 e. The summed E-state index contributed by atoms with van der Waals surface area (Å²) in [5.74, 6) is -0.385. The molecule has 0 radical (unpaired) electrons. The predicted molar refractivity (Wildman–Crippen MR) is 90.9 cm³/mol. The fourth-order valence-electron chi connectivity index (χ4n) is 2.55. The summed E-state index contributed by atoms with van der Waals surface area (Å²) in [5, 5.41) is 0.201. The molecule has 3 atom stereocenters. The lowest BCUT2D eigenvalue weighted by atomic mass is 9.92. The van der Waals surface area contributed by atoms with E-state index in [1.54, 1.807) is 20.8 Å². The third-order valence-corrected chi connectivity index (χ3v) is 4.28. The van der Waals surface area contributed by atoms with E-state index in [-0.39, 0.29) is 23.1 Å². The van der Waals surface area contributed by atoms with E-state index in [0.29, 0.717) is 6.42 Å². The number of hydrogen-bond acceptors (Lipinski definition) is 5. The number of nitrogens with zero attached hydrogens (tertiary/aromatic N) is 1. The second-order valence-corrected chi connectivity index (χ2v) is 8.16. The molecule has 0 unspecified atom stereocenters. The SMILES string of the molecule is CC(C)[C@@H](N)C(=O)N(C(=O)OC(C)(C)C)[C@H]1CCC[C@@H](S)C1. The minimum absolute atomic E-state index is 0.0344. The van der Waals surface area contributed by atoms with Gasteiger partial charge in [0, 0.05) is 11.3 Å². The zero-order chi connectivity index (χ0) is 17.1. The van der Waals surface area contributed by atoms with E-state index in [9.17, 15) is 9.59 Å². The third-order valence-electron chi connectivity index (χ3n) is 3.82. The van der Waals surface area contributed by atoms with Crippen molar-refractivity contribution in [2.75, 3.05) is 0 Å². The molecular weight excluding hydrogens is 300 g/mol. The molecule has 2 N–H and O–H groups in total. The number of amides is 2. The molecule has 6 heteroatoms. The van der Waals surface area contributed by atoms with Crippen molar-refractivity contribution in [2.24, 2.45) is 11.7 Å². The van der Waals surface area contributed by atoms with Crippen molar-refractivity contribution >= 4 is 24.6 Å². The lowest BCUT2D eigenvalue weighted by Gasteiger charge is -2.37. The van der Waals surface area contributed by atoms with Gasteiger partial charge in [0.05, 0.1) is 6.04 Å². The van der Waals surface area contributed by atoms with Gasteiger partial charge >= 0.3 is 6.09 Å². The van der Waals surface area contributed by atoms with Crippen molar-refractivity contribution in [3.63, 3.8) is 0 Å². The summed E-state index contributed by atoms with van der Waals surface area (Å²) in [6.07, 6.45) is 2.83. The first-order valence-corrected chi connectivity index (χ1v) is 8.54. The molecular formula is C16H30N2O3S. The van der Waals surface area contributed by atoms with Crippen LogP contribution in [0.1, 0.15) is 60.3 Å². The van der Waals surface area contributed by atoms with Crippen molar-refractivity contribution in [3.8, 4) is 0 Å². The van der Waals surface area contributed by atoms with E-state index in [1.165, 1.54) is 4.90 Å². The van der Waals surface area contributed by atoms with Gasteiger partial charge in [-0.3, -0.25) is 4.79 Å². The maximum Gasteiger partial charge on any atom is 0.417 e. The Morgan fingerprint density at radius 1 is 1.27 bits per heavy atom. The lowest BCUT2D eigenvalue weighted by Crippen LogP contribution is -2.55. The number of thiol groups is 1. The Kier molecular flexibility index (Phi) is 6.74. The number of carbonyl (C=O) groups excluding carboxylic acids is 2. The first kappa shape index (κ1) is 19.3. The normalized spacial score (nSPS) is 24.0. The second kappa shape index (κ2) is 7.68. The zero-order valence-electron chi connectivity index (χ0n) is 14.3. The van der Waals surface area contributed by atoms with Gasteiger partial charge in [-0.25, -0.2) is 9.69 Å². The van der Waals surface area contributed by atoms with Crippen LogP contribution >= 0.6 is 12.6 Å². The Balaban J connectivity index is 2.98. The van der Waals surface area contributed by atoms with Crippen LogP contribution in [0.2, 0.25) is 0 Å². The van der Waals surface area contributed by atoms with Crippen molar-refractivity contribution in [3.05, 3.63) is 0 Å². The van der Waals surface area contributed by atoms with Gasteiger partial charge in [0.25, 0.3) is 0 Å². The van der Waals surface area contributed by atoms with E-state index in [1.807, 2.05) is 13.8 Å². The van der Waals surface area contributed by atoms with Crippen LogP contribution in [-0.2, 0) is 9.53 Å². The maximum atomic E-state index is 12.7. The molecule has 1 rings (SSSR count). The number of imide groups is 1. The van der Waals surface area contributed by atoms with Gasteiger partial charge in [-0.05, 0) is 46.0 Å². The molecule has 0 aromatic heterocycles. The van der Waals surface area contributed by atoms with Crippen LogP contribution < -0.4 is 5.73 Å². The highest BCUT2D eigenvalue weighted by molar-refractivity contribution is 7.80. The largest absolute Gasteiger partial charge is 0.443 e. The molecule has 0 aromatic rings. The van der Waals surface area contributed by atoms with Gasteiger partial charge < -0.3 is 10.5 Å². The monoisotopic (exact) mass is 330 g/mol. The van der Waals surface area contributed by atoms with E-state index in [0.717, 1.165) is 19.3 Å². The summed E-state index contributed by atoms with van der Waals surface area (Å²) >= 11 is 4.51. The van der Waals surface area contributed by atoms with Crippen LogP contribution in [-0.4, -0.2) is 39.8 Å². The van der Waals surface area contributed by atoms with Crippen LogP contribution in [0.3, 0.4) is 0 Å².